The molecule has 3 nitrogen and oxygen atoms in total. The molecule has 0 bridgehead atoms. The number of hydrogen-bond acceptors (Lipinski definition) is 2. The van der Waals surface area contributed by atoms with E-state index in [1.807, 2.05) is 0 Å². The Hall–Kier alpha value is -1.99. The van der Waals surface area contributed by atoms with Crippen LogP contribution in [0, 0.1) is 0 Å². The van der Waals surface area contributed by atoms with Gasteiger partial charge in [0.1, 0.15) is 0 Å². The summed E-state index contributed by atoms with van der Waals surface area (Å²) >= 11 is 0. The van der Waals surface area contributed by atoms with Crippen LogP contribution in [0.1, 0.15) is 0 Å². The first-order valence-electron chi connectivity index (χ1n) is 5.10. The second-order valence-electron chi connectivity index (χ2n) is 3.89. The van der Waals surface area contributed by atoms with Crippen molar-refractivity contribution in [2.75, 3.05) is 0 Å². The normalized spacial score (nSPS) is 12.9. The third-order valence-electron chi connectivity index (χ3n) is 2.57. The van der Waals surface area contributed by atoms with Crippen molar-refractivity contribution in [3.8, 4) is 0 Å². The van der Waals surface area contributed by atoms with Gasteiger partial charge in [-0.25, -0.2) is 0 Å². The molecule has 0 fully saturated rings. The van der Waals surface area contributed by atoms with Gasteiger partial charge >= 0.3 is 12.1 Å². The van der Waals surface area contributed by atoms with Crippen molar-refractivity contribution in [3.63, 3.8) is 0 Å². The molecule has 0 saturated carbocycles. The standard InChI is InChI=1S/C11H7F5N2O/c12-10(13,11(14,15)16)6-18-8-5-17-4-3-7(8)1-2-9(18)19/h1-5H,6H2. The second-order valence-corrected chi connectivity index (χ2v) is 3.89. The van der Waals surface area contributed by atoms with E-state index in [-0.39, 0.29) is 5.52 Å². The number of rotatable bonds is 2. The number of nitrogens with zero attached hydrogens (tertiary/aromatic N) is 2. The molecule has 0 spiro atoms. The third kappa shape index (κ3) is 2.42. The molecule has 2 rings (SSSR count). The Morgan fingerprint density at radius 2 is 1.79 bits per heavy atom. The molecule has 0 aromatic carbocycles. The van der Waals surface area contributed by atoms with E-state index in [2.05, 4.69) is 4.98 Å². The van der Waals surface area contributed by atoms with E-state index >= 15 is 0 Å². The number of aromatic nitrogens is 2. The minimum absolute atomic E-state index is 0.0704. The number of pyridine rings is 2. The lowest BCUT2D eigenvalue weighted by molar-refractivity contribution is -0.286. The Labute approximate surface area is 103 Å². The average Bonchev–Trinajstić information content (AvgIpc) is 2.31. The maximum Gasteiger partial charge on any atom is 0.455 e. The first-order valence-corrected chi connectivity index (χ1v) is 5.10. The van der Waals surface area contributed by atoms with Crippen LogP contribution >= 0.6 is 0 Å². The Morgan fingerprint density at radius 1 is 1.11 bits per heavy atom. The molecule has 0 saturated heterocycles. The summed E-state index contributed by atoms with van der Waals surface area (Å²) in [5.74, 6) is -4.99. The van der Waals surface area contributed by atoms with Crippen LogP contribution < -0.4 is 5.56 Å². The fraction of sp³-hybridized carbons (Fsp3) is 0.273. The van der Waals surface area contributed by atoms with E-state index in [4.69, 9.17) is 0 Å². The van der Waals surface area contributed by atoms with Crippen LogP contribution in [0.15, 0.2) is 35.4 Å². The van der Waals surface area contributed by atoms with Gasteiger partial charge in [-0.1, -0.05) is 0 Å². The first kappa shape index (κ1) is 13.4. The number of alkyl halides is 5. The Morgan fingerprint density at radius 3 is 2.42 bits per heavy atom. The molecule has 102 valence electrons. The minimum Gasteiger partial charge on any atom is -0.300 e. The number of hydrogen-bond donors (Lipinski definition) is 0. The predicted molar refractivity (Wildman–Crippen MR) is 57.0 cm³/mol. The average molecular weight is 278 g/mol. The molecule has 0 aliphatic heterocycles. The second kappa shape index (κ2) is 4.29. The van der Waals surface area contributed by atoms with Gasteiger partial charge in [-0.05, 0) is 12.1 Å². The smallest absolute Gasteiger partial charge is 0.300 e. The van der Waals surface area contributed by atoms with Crippen molar-refractivity contribution in [2.45, 2.75) is 18.6 Å². The molecule has 0 aliphatic carbocycles. The molecule has 2 aromatic heterocycles. The minimum atomic E-state index is -5.71. The zero-order valence-corrected chi connectivity index (χ0v) is 9.29. The molecule has 2 aromatic rings. The third-order valence-corrected chi connectivity index (χ3v) is 2.57. The van der Waals surface area contributed by atoms with E-state index in [0.29, 0.717) is 9.95 Å². The molecule has 19 heavy (non-hydrogen) atoms. The molecule has 0 N–H and O–H groups in total. The Balaban J connectivity index is 2.58. The largest absolute Gasteiger partial charge is 0.455 e. The van der Waals surface area contributed by atoms with Crippen molar-refractivity contribution >= 4 is 10.9 Å². The van der Waals surface area contributed by atoms with Gasteiger partial charge in [0, 0.05) is 17.6 Å². The van der Waals surface area contributed by atoms with Crippen LogP contribution in [0.5, 0.6) is 0 Å². The highest BCUT2D eigenvalue weighted by Gasteiger charge is 2.57. The van der Waals surface area contributed by atoms with Crippen molar-refractivity contribution < 1.29 is 22.0 Å². The van der Waals surface area contributed by atoms with Crippen LogP contribution in [0.25, 0.3) is 10.9 Å². The number of fused-ring (bicyclic) bond motifs is 1. The molecule has 0 radical (unpaired) electrons. The molecule has 0 atom stereocenters. The highest BCUT2D eigenvalue weighted by atomic mass is 19.4. The van der Waals surface area contributed by atoms with Crippen LogP contribution in [0.3, 0.4) is 0 Å². The number of halogens is 5. The molecule has 0 aliphatic rings. The van der Waals surface area contributed by atoms with Gasteiger partial charge in [-0.15, -0.1) is 0 Å². The van der Waals surface area contributed by atoms with Gasteiger partial charge in [0.15, 0.2) is 0 Å². The molecule has 0 amide bonds. The van der Waals surface area contributed by atoms with E-state index in [0.717, 1.165) is 12.3 Å². The molecular formula is C11H7F5N2O. The zero-order valence-electron chi connectivity index (χ0n) is 9.29. The Kier molecular flexibility index (Phi) is 3.03. The van der Waals surface area contributed by atoms with Crippen LogP contribution in [-0.2, 0) is 6.54 Å². The lowest BCUT2D eigenvalue weighted by Crippen LogP contribution is -2.42. The maximum absolute atomic E-state index is 13.0. The van der Waals surface area contributed by atoms with Crippen molar-refractivity contribution in [2.24, 2.45) is 0 Å². The Bertz CT molecular complexity index is 662. The molecule has 2 heterocycles. The van der Waals surface area contributed by atoms with Gasteiger partial charge < -0.3 is 4.57 Å². The van der Waals surface area contributed by atoms with E-state index in [9.17, 15) is 26.7 Å². The highest BCUT2D eigenvalue weighted by Crippen LogP contribution is 2.36. The molecular weight excluding hydrogens is 271 g/mol. The molecule has 0 unspecified atom stereocenters. The first-order chi connectivity index (χ1) is 8.72. The van der Waals surface area contributed by atoms with Crippen LogP contribution in [0.4, 0.5) is 22.0 Å². The van der Waals surface area contributed by atoms with Gasteiger partial charge in [0.25, 0.3) is 5.56 Å². The van der Waals surface area contributed by atoms with Gasteiger partial charge in [0.2, 0.25) is 0 Å². The summed E-state index contributed by atoms with van der Waals surface area (Å²) in [5, 5.41) is 0.354. The van der Waals surface area contributed by atoms with E-state index in [1.54, 1.807) is 0 Å². The van der Waals surface area contributed by atoms with Gasteiger partial charge in [0.05, 0.1) is 18.3 Å². The highest BCUT2D eigenvalue weighted by molar-refractivity contribution is 5.77. The summed E-state index contributed by atoms with van der Waals surface area (Å²) in [5.41, 5.74) is -1.01. The van der Waals surface area contributed by atoms with Gasteiger partial charge in [-0.3, -0.25) is 9.78 Å². The monoisotopic (exact) mass is 278 g/mol. The maximum atomic E-state index is 13.0. The van der Waals surface area contributed by atoms with Crippen LogP contribution in [0.2, 0.25) is 0 Å². The zero-order chi connectivity index (χ0) is 14.3. The lowest BCUT2D eigenvalue weighted by Gasteiger charge is -2.21. The lowest BCUT2D eigenvalue weighted by atomic mass is 10.2. The summed E-state index contributed by atoms with van der Waals surface area (Å²) in [6, 6.07) is 3.69. The SMILES string of the molecule is O=c1ccc2ccncc2n1CC(F)(F)C(F)(F)F. The van der Waals surface area contributed by atoms with Crippen molar-refractivity contribution in [1.82, 2.24) is 9.55 Å². The van der Waals surface area contributed by atoms with Crippen molar-refractivity contribution in [1.29, 1.82) is 0 Å². The summed E-state index contributed by atoms with van der Waals surface area (Å²) < 4.78 is 62.9. The summed E-state index contributed by atoms with van der Waals surface area (Å²) in [6.07, 6.45) is -3.29. The topological polar surface area (TPSA) is 34.9 Å². The van der Waals surface area contributed by atoms with Crippen LogP contribution in [-0.4, -0.2) is 21.6 Å². The summed E-state index contributed by atoms with van der Waals surface area (Å²) in [6.45, 7) is -1.77. The van der Waals surface area contributed by atoms with E-state index < -0.39 is 24.2 Å². The van der Waals surface area contributed by atoms with Gasteiger partial charge in [-0.2, -0.15) is 22.0 Å². The fourth-order valence-electron chi connectivity index (χ4n) is 1.58. The predicted octanol–water partition coefficient (Wildman–Crippen LogP) is 2.59. The summed E-state index contributed by atoms with van der Waals surface area (Å²) in [4.78, 5) is 15.1. The quantitative estimate of drug-likeness (QED) is 0.791. The van der Waals surface area contributed by atoms with E-state index in [1.165, 1.54) is 18.3 Å². The summed E-state index contributed by atoms with van der Waals surface area (Å²) in [7, 11) is 0. The fourth-order valence-corrected chi connectivity index (χ4v) is 1.58. The van der Waals surface area contributed by atoms with Crippen molar-refractivity contribution in [3.05, 3.63) is 40.9 Å². The molecule has 8 heteroatoms.